The summed E-state index contributed by atoms with van der Waals surface area (Å²) in [7, 11) is 2.08. The Bertz CT molecular complexity index is 703. The lowest BCUT2D eigenvalue weighted by molar-refractivity contribution is 0.824. The molecule has 3 heterocycles. The minimum Gasteiger partial charge on any atom is -0.358 e. The van der Waals surface area contributed by atoms with Gasteiger partial charge in [-0.25, -0.2) is 4.98 Å². The van der Waals surface area contributed by atoms with E-state index < -0.39 is 0 Å². The fraction of sp³-hybridized carbons (Fsp3) is 0.333. The van der Waals surface area contributed by atoms with Crippen LogP contribution in [-0.2, 0) is 12.8 Å². The minimum absolute atomic E-state index is 0.630. The maximum Gasteiger partial charge on any atom is 0.195 e. The van der Waals surface area contributed by atoms with Crippen molar-refractivity contribution in [1.82, 2.24) is 14.4 Å². The number of aromatic nitrogens is 3. The molecule has 0 fully saturated rings. The van der Waals surface area contributed by atoms with Crippen LogP contribution < -0.4 is 10.6 Å². The van der Waals surface area contributed by atoms with Gasteiger partial charge in [-0.2, -0.15) is 0 Å². The van der Waals surface area contributed by atoms with E-state index in [-0.39, 0.29) is 0 Å². The van der Waals surface area contributed by atoms with Crippen LogP contribution in [0.4, 0.5) is 5.82 Å². The monoisotopic (exact) mass is 301 g/mol. The van der Waals surface area contributed by atoms with Crippen molar-refractivity contribution in [3.8, 4) is 0 Å². The number of thiazole rings is 1. The summed E-state index contributed by atoms with van der Waals surface area (Å²) in [6.07, 6.45) is 5.64. The molecule has 0 bridgehead atoms. The summed E-state index contributed by atoms with van der Waals surface area (Å²) >= 11 is 1.65. The van der Waals surface area contributed by atoms with Gasteiger partial charge in [0.2, 0.25) is 0 Å². The summed E-state index contributed by atoms with van der Waals surface area (Å²) < 4.78 is 2.14. The van der Waals surface area contributed by atoms with Crippen molar-refractivity contribution < 1.29 is 0 Å². The van der Waals surface area contributed by atoms with E-state index >= 15 is 0 Å². The molecule has 6 heteroatoms. The lowest BCUT2D eigenvalue weighted by Gasteiger charge is -2.18. The molecule has 0 aromatic carbocycles. The second-order valence-electron chi connectivity index (χ2n) is 4.97. The number of fused-ring (bicyclic) bond motifs is 1. The first-order chi connectivity index (χ1) is 10.3. The highest BCUT2D eigenvalue weighted by molar-refractivity contribution is 7.15. The number of hydrogen-bond donors (Lipinski definition) is 1. The van der Waals surface area contributed by atoms with Gasteiger partial charge in [0.25, 0.3) is 0 Å². The molecule has 0 unspecified atom stereocenters. The van der Waals surface area contributed by atoms with Crippen molar-refractivity contribution in [2.75, 3.05) is 25.0 Å². The largest absolute Gasteiger partial charge is 0.358 e. The molecule has 0 radical (unpaired) electrons. The predicted molar refractivity (Wildman–Crippen MR) is 87.0 cm³/mol. The van der Waals surface area contributed by atoms with Crippen LogP contribution in [0.1, 0.15) is 11.4 Å². The summed E-state index contributed by atoms with van der Waals surface area (Å²) in [6, 6.07) is 6.02. The number of anilines is 1. The summed E-state index contributed by atoms with van der Waals surface area (Å²) in [5.41, 5.74) is 8.04. The molecule has 2 N–H and O–H groups in total. The highest BCUT2D eigenvalue weighted by Crippen LogP contribution is 2.24. The SMILES string of the molecule is CN(CCc1ccccn1)c1nc2sccn2c1CCN. The van der Waals surface area contributed by atoms with Gasteiger partial charge in [-0.15, -0.1) is 11.3 Å². The smallest absolute Gasteiger partial charge is 0.195 e. The molecule has 5 nitrogen and oxygen atoms in total. The summed E-state index contributed by atoms with van der Waals surface area (Å²) in [6.45, 7) is 1.52. The average Bonchev–Trinajstić information content (AvgIpc) is 3.09. The highest BCUT2D eigenvalue weighted by Gasteiger charge is 2.15. The van der Waals surface area contributed by atoms with E-state index in [0.29, 0.717) is 6.54 Å². The molecule has 0 aliphatic rings. The van der Waals surface area contributed by atoms with Gasteiger partial charge in [-0.05, 0) is 18.7 Å². The molecule has 3 rings (SSSR count). The number of likely N-dealkylation sites (N-methyl/N-ethyl adjacent to an activating group) is 1. The second kappa shape index (κ2) is 6.24. The highest BCUT2D eigenvalue weighted by atomic mass is 32.1. The number of pyridine rings is 1. The van der Waals surface area contributed by atoms with Gasteiger partial charge in [-0.3, -0.25) is 9.38 Å². The molecule has 0 saturated carbocycles. The summed E-state index contributed by atoms with van der Waals surface area (Å²) in [4.78, 5) is 12.3. The standard InChI is InChI=1S/C15H19N5S/c1-19(9-6-12-4-2-3-8-17-12)14-13(5-7-16)20-10-11-21-15(20)18-14/h2-4,8,10-11H,5-7,9,16H2,1H3. The molecule has 110 valence electrons. The maximum absolute atomic E-state index is 5.75. The third-order valence-electron chi connectivity index (χ3n) is 3.51. The van der Waals surface area contributed by atoms with E-state index in [1.165, 1.54) is 5.69 Å². The topological polar surface area (TPSA) is 59.5 Å². The zero-order chi connectivity index (χ0) is 14.7. The molecular formula is C15H19N5S. The molecule has 0 spiro atoms. The molecule has 0 saturated heterocycles. The van der Waals surface area contributed by atoms with Gasteiger partial charge in [0.15, 0.2) is 10.8 Å². The Morgan fingerprint density at radius 1 is 1.33 bits per heavy atom. The minimum atomic E-state index is 0.630. The van der Waals surface area contributed by atoms with E-state index in [1.807, 2.05) is 18.3 Å². The van der Waals surface area contributed by atoms with Crippen molar-refractivity contribution in [2.45, 2.75) is 12.8 Å². The van der Waals surface area contributed by atoms with Gasteiger partial charge in [0.05, 0.1) is 5.69 Å². The lowest BCUT2D eigenvalue weighted by atomic mass is 10.2. The fourth-order valence-electron chi connectivity index (χ4n) is 2.43. The van der Waals surface area contributed by atoms with Crippen molar-refractivity contribution in [2.24, 2.45) is 5.73 Å². The van der Waals surface area contributed by atoms with Crippen LogP contribution in [0.5, 0.6) is 0 Å². The maximum atomic E-state index is 5.75. The van der Waals surface area contributed by atoms with Crippen LogP contribution in [0, 0.1) is 0 Å². The van der Waals surface area contributed by atoms with Gasteiger partial charge in [0, 0.05) is 49.9 Å². The third-order valence-corrected chi connectivity index (χ3v) is 4.27. The molecular weight excluding hydrogens is 282 g/mol. The first-order valence-electron chi connectivity index (χ1n) is 7.05. The van der Waals surface area contributed by atoms with E-state index in [1.54, 1.807) is 11.3 Å². The average molecular weight is 301 g/mol. The Morgan fingerprint density at radius 2 is 2.24 bits per heavy atom. The number of imidazole rings is 1. The Hall–Kier alpha value is -1.92. The normalized spacial score (nSPS) is 11.1. The Labute approximate surface area is 128 Å². The number of hydrogen-bond acceptors (Lipinski definition) is 5. The fourth-order valence-corrected chi connectivity index (χ4v) is 3.16. The van der Waals surface area contributed by atoms with Crippen LogP contribution in [-0.4, -0.2) is 34.5 Å². The van der Waals surface area contributed by atoms with Crippen LogP contribution in [0.2, 0.25) is 0 Å². The zero-order valence-corrected chi connectivity index (χ0v) is 12.9. The van der Waals surface area contributed by atoms with Crippen LogP contribution >= 0.6 is 11.3 Å². The Kier molecular flexibility index (Phi) is 4.17. The molecule has 0 aliphatic heterocycles. The van der Waals surface area contributed by atoms with E-state index in [9.17, 15) is 0 Å². The Balaban J connectivity index is 1.78. The van der Waals surface area contributed by atoms with Gasteiger partial charge in [0.1, 0.15) is 0 Å². The van der Waals surface area contributed by atoms with Crippen LogP contribution in [0.3, 0.4) is 0 Å². The molecule has 3 aromatic heterocycles. The first-order valence-corrected chi connectivity index (χ1v) is 7.93. The third kappa shape index (κ3) is 2.91. The van der Waals surface area contributed by atoms with Crippen molar-refractivity contribution in [3.63, 3.8) is 0 Å². The van der Waals surface area contributed by atoms with Crippen molar-refractivity contribution >= 4 is 22.1 Å². The molecule has 21 heavy (non-hydrogen) atoms. The van der Waals surface area contributed by atoms with Crippen molar-refractivity contribution in [3.05, 3.63) is 47.4 Å². The van der Waals surface area contributed by atoms with Crippen LogP contribution in [0.25, 0.3) is 4.96 Å². The summed E-state index contributed by atoms with van der Waals surface area (Å²) in [5, 5.41) is 2.06. The van der Waals surface area contributed by atoms with Gasteiger partial charge in [-0.1, -0.05) is 6.07 Å². The van der Waals surface area contributed by atoms with Gasteiger partial charge < -0.3 is 10.6 Å². The van der Waals surface area contributed by atoms with Gasteiger partial charge >= 0.3 is 0 Å². The predicted octanol–water partition coefficient (Wildman–Crippen LogP) is 1.97. The number of nitrogens with zero attached hydrogens (tertiary/aromatic N) is 4. The second-order valence-corrected chi connectivity index (χ2v) is 5.84. The lowest BCUT2D eigenvalue weighted by Crippen LogP contribution is -2.23. The zero-order valence-electron chi connectivity index (χ0n) is 12.1. The van der Waals surface area contributed by atoms with E-state index in [0.717, 1.165) is 35.9 Å². The quantitative estimate of drug-likeness (QED) is 0.756. The van der Waals surface area contributed by atoms with E-state index in [4.69, 9.17) is 10.7 Å². The van der Waals surface area contributed by atoms with E-state index in [2.05, 4.69) is 39.0 Å². The Morgan fingerprint density at radius 3 is 3.00 bits per heavy atom. The molecule has 0 aliphatic carbocycles. The molecule has 0 amide bonds. The number of nitrogens with two attached hydrogens (primary N) is 1. The van der Waals surface area contributed by atoms with Crippen LogP contribution in [0.15, 0.2) is 36.0 Å². The van der Waals surface area contributed by atoms with Crippen molar-refractivity contribution in [1.29, 1.82) is 0 Å². The summed E-state index contributed by atoms with van der Waals surface area (Å²) in [5.74, 6) is 1.03. The number of rotatable bonds is 6. The first kappa shape index (κ1) is 14.0. The molecule has 0 atom stereocenters. The molecule has 3 aromatic rings.